The van der Waals surface area contributed by atoms with E-state index in [0.29, 0.717) is 6.54 Å². The number of aromatic nitrogens is 3. The summed E-state index contributed by atoms with van der Waals surface area (Å²) in [5, 5.41) is 11.7. The van der Waals surface area contributed by atoms with Crippen molar-refractivity contribution in [2.75, 3.05) is 39.3 Å². The van der Waals surface area contributed by atoms with Gasteiger partial charge in [-0.15, -0.1) is 34.2 Å². The van der Waals surface area contributed by atoms with Crippen molar-refractivity contribution >= 4 is 29.9 Å². The van der Waals surface area contributed by atoms with Crippen molar-refractivity contribution in [3.8, 4) is 0 Å². The van der Waals surface area contributed by atoms with Crippen LogP contribution in [-0.4, -0.2) is 69.8 Å². The van der Waals surface area contributed by atoms with Crippen LogP contribution in [0.25, 0.3) is 0 Å². The smallest absolute Gasteiger partial charge is 0.194 e. The van der Waals surface area contributed by atoms with Gasteiger partial charge in [-0.05, 0) is 19.8 Å². The molecule has 1 aliphatic heterocycles. The van der Waals surface area contributed by atoms with Gasteiger partial charge in [-0.25, -0.2) is 4.99 Å². The largest absolute Gasteiger partial charge is 0.357 e. The Morgan fingerprint density at radius 2 is 1.88 bits per heavy atom. The Morgan fingerprint density at radius 1 is 1.21 bits per heavy atom. The zero-order valence-electron chi connectivity index (χ0n) is 15.6. The maximum absolute atomic E-state index is 4.76. The minimum absolute atomic E-state index is 0. The molecule has 1 aliphatic rings. The van der Waals surface area contributed by atoms with Crippen LogP contribution in [0.5, 0.6) is 0 Å². The summed E-state index contributed by atoms with van der Waals surface area (Å²) in [5.41, 5.74) is 0. The number of aliphatic imine (C=N–C) groups is 1. The average molecular weight is 449 g/mol. The van der Waals surface area contributed by atoms with Crippen molar-refractivity contribution in [1.29, 1.82) is 0 Å². The number of rotatable bonds is 5. The lowest BCUT2D eigenvalue weighted by Crippen LogP contribution is -2.53. The number of nitrogens with zero attached hydrogens (tertiary/aromatic N) is 6. The van der Waals surface area contributed by atoms with E-state index < -0.39 is 0 Å². The van der Waals surface area contributed by atoms with E-state index >= 15 is 0 Å². The van der Waals surface area contributed by atoms with Crippen LogP contribution in [-0.2, 0) is 13.6 Å². The fourth-order valence-electron chi connectivity index (χ4n) is 2.82. The number of piperazine rings is 1. The first-order valence-corrected chi connectivity index (χ1v) is 8.61. The van der Waals surface area contributed by atoms with Gasteiger partial charge in [0.25, 0.3) is 0 Å². The second-order valence-corrected chi connectivity index (χ2v) is 6.57. The van der Waals surface area contributed by atoms with Crippen LogP contribution in [0.1, 0.15) is 32.4 Å². The third-order valence-electron chi connectivity index (χ3n) is 4.18. The Morgan fingerprint density at radius 3 is 2.38 bits per heavy atom. The van der Waals surface area contributed by atoms with Crippen LogP contribution in [0.2, 0.25) is 0 Å². The summed E-state index contributed by atoms with van der Waals surface area (Å²) in [4.78, 5) is 9.65. The molecule has 1 saturated heterocycles. The zero-order valence-corrected chi connectivity index (χ0v) is 17.9. The predicted octanol–water partition coefficient (Wildman–Crippen LogP) is 1.48. The lowest BCUT2D eigenvalue weighted by atomic mass is 10.2. The Kier molecular flexibility index (Phi) is 8.96. The fraction of sp³-hybridized carbons (Fsp3) is 0.812. The summed E-state index contributed by atoms with van der Waals surface area (Å²) in [6, 6.07) is 0. The Labute approximate surface area is 162 Å². The van der Waals surface area contributed by atoms with E-state index in [1.807, 2.05) is 18.5 Å². The van der Waals surface area contributed by atoms with Crippen LogP contribution < -0.4 is 5.32 Å². The molecule has 1 fully saturated rings. The highest BCUT2D eigenvalue weighted by Crippen LogP contribution is 2.07. The van der Waals surface area contributed by atoms with Crippen molar-refractivity contribution in [3.05, 3.63) is 11.6 Å². The molecule has 8 heteroatoms. The summed E-state index contributed by atoms with van der Waals surface area (Å²) in [6.07, 6.45) is 0. The van der Waals surface area contributed by atoms with E-state index in [9.17, 15) is 0 Å². The molecular weight excluding hydrogens is 417 g/mol. The molecule has 1 N–H and O–H groups in total. The second kappa shape index (κ2) is 10.2. The number of aryl methyl sites for hydroxylation is 1. The summed E-state index contributed by atoms with van der Waals surface area (Å²) >= 11 is 0. The van der Waals surface area contributed by atoms with Crippen molar-refractivity contribution in [1.82, 2.24) is 29.9 Å². The van der Waals surface area contributed by atoms with Crippen LogP contribution in [0.4, 0.5) is 0 Å². The van der Waals surface area contributed by atoms with E-state index in [1.54, 1.807) is 0 Å². The van der Waals surface area contributed by atoms with Gasteiger partial charge in [0.2, 0.25) is 0 Å². The molecule has 2 heterocycles. The summed E-state index contributed by atoms with van der Waals surface area (Å²) in [7, 11) is 1.98. The molecule has 0 radical (unpaired) electrons. The summed E-state index contributed by atoms with van der Waals surface area (Å²) in [5.74, 6) is 3.53. The zero-order chi connectivity index (χ0) is 16.8. The number of halogens is 1. The maximum Gasteiger partial charge on any atom is 0.194 e. The molecule has 0 spiro atoms. The van der Waals surface area contributed by atoms with Crippen LogP contribution in [0.15, 0.2) is 4.99 Å². The van der Waals surface area contributed by atoms with E-state index in [1.165, 1.54) is 6.54 Å². The number of hydrogen-bond acceptors (Lipinski definition) is 4. The second-order valence-electron chi connectivity index (χ2n) is 6.57. The Bertz CT molecular complexity index is 518. The monoisotopic (exact) mass is 449 g/mol. The highest BCUT2D eigenvalue weighted by molar-refractivity contribution is 14.0. The van der Waals surface area contributed by atoms with Crippen LogP contribution in [0.3, 0.4) is 0 Å². The van der Waals surface area contributed by atoms with Gasteiger partial charge in [0, 0.05) is 46.3 Å². The predicted molar refractivity (Wildman–Crippen MR) is 109 cm³/mol. The van der Waals surface area contributed by atoms with E-state index in [-0.39, 0.29) is 24.0 Å². The van der Waals surface area contributed by atoms with Gasteiger partial charge in [-0.1, -0.05) is 13.8 Å². The quantitative estimate of drug-likeness (QED) is 0.419. The maximum atomic E-state index is 4.76. The van der Waals surface area contributed by atoms with E-state index in [2.05, 4.69) is 46.1 Å². The number of guanidine groups is 1. The van der Waals surface area contributed by atoms with Crippen LogP contribution in [0, 0.1) is 12.8 Å². The lowest BCUT2D eigenvalue weighted by Gasteiger charge is -2.37. The molecule has 24 heavy (non-hydrogen) atoms. The minimum atomic E-state index is 0. The molecule has 1 aromatic rings. The van der Waals surface area contributed by atoms with Crippen molar-refractivity contribution < 1.29 is 0 Å². The Hall–Kier alpha value is -0.900. The molecule has 0 bridgehead atoms. The van der Waals surface area contributed by atoms with Crippen molar-refractivity contribution in [2.24, 2.45) is 18.0 Å². The minimum Gasteiger partial charge on any atom is -0.357 e. The van der Waals surface area contributed by atoms with Gasteiger partial charge >= 0.3 is 0 Å². The topological polar surface area (TPSA) is 61.6 Å². The van der Waals surface area contributed by atoms with Gasteiger partial charge in [-0.3, -0.25) is 4.90 Å². The van der Waals surface area contributed by atoms with Gasteiger partial charge in [-0.2, -0.15) is 0 Å². The highest BCUT2D eigenvalue weighted by atomic mass is 127. The molecule has 138 valence electrons. The first kappa shape index (κ1) is 21.1. The average Bonchev–Trinajstić information content (AvgIpc) is 2.83. The summed E-state index contributed by atoms with van der Waals surface area (Å²) in [6.45, 7) is 15.5. The standard InChI is InChI=1S/C16H31N7.HI/c1-6-17-16(18-11-15-20-19-14(4)21(15)5)23-9-7-22(8-10-23)12-13(2)3;/h13H,6-12H2,1-5H3,(H,17,18);1H. The SMILES string of the molecule is CCNC(=NCc1nnc(C)n1C)N1CCN(CC(C)C)CC1.I. The normalized spacial score (nSPS) is 16.4. The van der Waals surface area contributed by atoms with Gasteiger partial charge in [0.15, 0.2) is 11.8 Å². The van der Waals surface area contributed by atoms with Crippen molar-refractivity contribution in [2.45, 2.75) is 34.2 Å². The first-order valence-electron chi connectivity index (χ1n) is 8.61. The van der Waals surface area contributed by atoms with Gasteiger partial charge in [0.1, 0.15) is 12.4 Å². The lowest BCUT2D eigenvalue weighted by molar-refractivity contribution is 0.164. The first-order chi connectivity index (χ1) is 11.0. The molecular formula is C16H32IN7. The number of hydrogen-bond donors (Lipinski definition) is 1. The Balaban J connectivity index is 0.00000288. The molecule has 0 aliphatic carbocycles. The molecule has 0 aromatic carbocycles. The van der Waals surface area contributed by atoms with Crippen LogP contribution >= 0.6 is 24.0 Å². The molecule has 2 rings (SSSR count). The third-order valence-corrected chi connectivity index (χ3v) is 4.18. The highest BCUT2D eigenvalue weighted by Gasteiger charge is 2.20. The van der Waals surface area contributed by atoms with E-state index in [0.717, 1.165) is 56.3 Å². The van der Waals surface area contributed by atoms with E-state index in [4.69, 9.17) is 4.99 Å². The third kappa shape index (κ3) is 5.87. The molecule has 0 unspecified atom stereocenters. The van der Waals surface area contributed by atoms with Gasteiger partial charge in [0.05, 0.1) is 0 Å². The molecule has 0 atom stereocenters. The fourth-order valence-corrected chi connectivity index (χ4v) is 2.82. The molecule has 0 saturated carbocycles. The molecule has 0 amide bonds. The number of nitrogens with one attached hydrogen (secondary N) is 1. The summed E-state index contributed by atoms with van der Waals surface area (Å²) < 4.78 is 1.99. The van der Waals surface area contributed by atoms with Gasteiger partial charge < -0.3 is 14.8 Å². The van der Waals surface area contributed by atoms with Crippen molar-refractivity contribution in [3.63, 3.8) is 0 Å². The molecule has 1 aromatic heterocycles. The molecule has 7 nitrogen and oxygen atoms in total.